The van der Waals surface area contributed by atoms with E-state index in [4.69, 9.17) is 11.6 Å². The Morgan fingerprint density at radius 1 is 1.17 bits per heavy atom. The number of amides is 1. The van der Waals surface area contributed by atoms with Crippen LogP contribution in [0, 0.1) is 5.82 Å². The van der Waals surface area contributed by atoms with E-state index in [1.165, 1.54) is 12.1 Å². The van der Waals surface area contributed by atoms with Gasteiger partial charge in [-0.25, -0.2) is 4.39 Å². The lowest BCUT2D eigenvalue weighted by atomic mass is 10.2. The van der Waals surface area contributed by atoms with Crippen molar-refractivity contribution in [3.63, 3.8) is 0 Å². The summed E-state index contributed by atoms with van der Waals surface area (Å²) in [5.41, 5.74) is 2.00. The molecular weight excluding hydrogens is 327 g/mol. The molecule has 1 saturated carbocycles. The molecule has 0 bridgehead atoms. The second kappa shape index (κ2) is 7.77. The Bertz CT molecular complexity index is 701. The molecule has 0 radical (unpaired) electrons. The highest BCUT2D eigenvalue weighted by Crippen LogP contribution is 2.28. The van der Waals surface area contributed by atoms with E-state index in [1.54, 1.807) is 12.1 Å². The van der Waals surface area contributed by atoms with Crippen molar-refractivity contribution < 1.29 is 9.18 Å². The lowest BCUT2D eigenvalue weighted by Gasteiger charge is -2.21. The summed E-state index contributed by atoms with van der Waals surface area (Å²) in [4.78, 5) is 14.4. The van der Waals surface area contributed by atoms with Gasteiger partial charge < -0.3 is 5.32 Å². The van der Waals surface area contributed by atoms with Crippen LogP contribution in [0.1, 0.15) is 24.0 Å². The van der Waals surface area contributed by atoms with E-state index in [0.717, 1.165) is 24.0 Å². The van der Waals surface area contributed by atoms with Gasteiger partial charge in [0.05, 0.1) is 6.54 Å². The average molecular weight is 347 g/mol. The highest BCUT2D eigenvalue weighted by Gasteiger charge is 2.30. The molecule has 126 valence electrons. The molecule has 0 spiro atoms. The summed E-state index contributed by atoms with van der Waals surface area (Å²) in [6.07, 6.45) is 2.23. The predicted octanol–water partition coefficient (Wildman–Crippen LogP) is 3.76. The van der Waals surface area contributed by atoms with Crippen LogP contribution in [0.3, 0.4) is 0 Å². The molecule has 0 aromatic heterocycles. The van der Waals surface area contributed by atoms with E-state index in [9.17, 15) is 9.18 Å². The standard InChI is InChI=1S/C19H20ClFN2O/c20-16-3-1-2-15(10-16)11-22-19(24)13-23(18-8-9-18)12-14-4-6-17(21)7-5-14/h1-7,10,18H,8-9,11-13H2,(H,22,24). The maximum absolute atomic E-state index is 13.0. The Labute approximate surface area is 146 Å². The van der Waals surface area contributed by atoms with Crippen LogP contribution in [0.4, 0.5) is 4.39 Å². The molecule has 0 saturated heterocycles. The van der Waals surface area contributed by atoms with Crippen LogP contribution in [-0.2, 0) is 17.9 Å². The third kappa shape index (κ3) is 5.05. The molecule has 3 rings (SSSR count). The zero-order chi connectivity index (χ0) is 16.9. The zero-order valence-electron chi connectivity index (χ0n) is 13.3. The van der Waals surface area contributed by atoms with Crippen molar-refractivity contribution in [1.82, 2.24) is 10.2 Å². The van der Waals surface area contributed by atoms with Gasteiger partial charge in [-0.2, -0.15) is 0 Å². The molecule has 24 heavy (non-hydrogen) atoms. The van der Waals surface area contributed by atoms with Crippen LogP contribution in [0.15, 0.2) is 48.5 Å². The van der Waals surface area contributed by atoms with Crippen LogP contribution in [0.2, 0.25) is 5.02 Å². The van der Waals surface area contributed by atoms with Crippen LogP contribution >= 0.6 is 11.6 Å². The summed E-state index contributed by atoms with van der Waals surface area (Å²) in [5.74, 6) is -0.250. The van der Waals surface area contributed by atoms with Crippen molar-refractivity contribution in [1.29, 1.82) is 0 Å². The first-order valence-corrected chi connectivity index (χ1v) is 8.47. The van der Waals surface area contributed by atoms with E-state index in [1.807, 2.05) is 24.3 Å². The summed E-state index contributed by atoms with van der Waals surface area (Å²) in [7, 11) is 0. The van der Waals surface area contributed by atoms with E-state index >= 15 is 0 Å². The first-order valence-electron chi connectivity index (χ1n) is 8.10. The molecule has 2 aromatic carbocycles. The van der Waals surface area contributed by atoms with Crippen molar-refractivity contribution in [2.24, 2.45) is 0 Å². The summed E-state index contributed by atoms with van der Waals surface area (Å²) < 4.78 is 13.0. The van der Waals surface area contributed by atoms with Gasteiger partial charge in [-0.3, -0.25) is 9.69 Å². The Morgan fingerprint density at radius 3 is 2.58 bits per heavy atom. The van der Waals surface area contributed by atoms with Gasteiger partial charge >= 0.3 is 0 Å². The van der Waals surface area contributed by atoms with Gasteiger partial charge in [-0.1, -0.05) is 35.9 Å². The monoisotopic (exact) mass is 346 g/mol. The van der Waals surface area contributed by atoms with Crippen molar-refractivity contribution >= 4 is 17.5 Å². The maximum atomic E-state index is 13.0. The first kappa shape index (κ1) is 16.9. The minimum absolute atomic E-state index is 0.0102. The summed E-state index contributed by atoms with van der Waals surface area (Å²) >= 11 is 5.95. The Balaban J connectivity index is 1.53. The topological polar surface area (TPSA) is 32.3 Å². The van der Waals surface area contributed by atoms with Gasteiger partial charge in [0.1, 0.15) is 5.82 Å². The van der Waals surface area contributed by atoms with Gasteiger partial charge in [0.25, 0.3) is 0 Å². The fourth-order valence-electron chi connectivity index (χ4n) is 2.67. The Morgan fingerprint density at radius 2 is 1.92 bits per heavy atom. The number of carbonyl (C=O) groups excluding carboxylic acids is 1. The lowest BCUT2D eigenvalue weighted by molar-refractivity contribution is -0.122. The number of hydrogen-bond acceptors (Lipinski definition) is 2. The average Bonchev–Trinajstić information content (AvgIpc) is 3.39. The molecule has 2 aromatic rings. The zero-order valence-corrected chi connectivity index (χ0v) is 14.1. The van der Waals surface area contributed by atoms with E-state index in [0.29, 0.717) is 30.7 Å². The summed E-state index contributed by atoms with van der Waals surface area (Å²) in [5, 5.41) is 3.60. The normalized spacial score (nSPS) is 14.0. The second-order valence-corrected chi connectivity index (χ2v) is 6.61. The van der Waals surface area contributed by atoms with Crippen LogP contribution < -0.4 is 5.32 Å². The maximum Gasteiger partial charge on any atom is 0.234 e. The van der Waals surface area contributed by atoms with Gasteiger partial charge in [-0.15, -0.1) is 0 Å². The van der Waals surface area contributed by atoms with Crippen molar-refractivity contribution in [3.8, 4) is 0 Å². The molecule has 1 amide bonds. The molecule has 0 heterocycles. The number of halogens is 2. The largest absolute Gasteiger partial charge is 0.351 e. The Hall–Kier alpha value is -1.91. The van der Waals surface area contributed by atoms with Crippen LogP contribution in [0.25, 0.3) is 0 Å². The van der Waals surface area contributed by atoms with Crippen molar-refractivity contribution in [2.75, 3.05) is 6.54 Å². The van der Waals surface area contributed by atoms with Gasteiger partial charge in [-0.05, 0) is 48.2 Å². The highest BCUT2D eigenvalue weighted by atomic mass is 35.5. The van der Waals surface area contributed by atoms with Gasteiger partial charge in [0.15, 0.2) is 0 Å². The fraction of sp³-hybridized carbons (Fsp3) is 0.316. The number of nitrogens with zero attached hydrogens (tertiary/aromatic N) is 1. The number of nitrogens with one attached hydrogen (secondary N) is 1. The number of benzene rings is 2. The lowest BCUT2D eigenvalue weighted by Crippen LogP contribution is -2.37. The van der Waals surface area contributed by atoms with Crippen molar-refractivity contribution in [3.05, 3.63) is 70.5 Å². The fourth-order valence-corrected chi connectivity index (χ4v) is 2.88. The predicted molar refractivity (Wildman–Crippen MR) is 93.1 cm³/mol. The third-order valence-electron chi connectivity index (χ3n) is 4.09. The molecule has 0 aliphatic heterocycles. The molecule has 1 aliphatic rings. The smallest absolute Gasteiger partial charge is 0.234 e. The second-order valence-electron chi connectivity index (χ2n) is 6.17. The molecule has 3 nitrogen and oxygen atoms in total. The Kier molecular flexibility index (Phi) is 5.48. The molecular formula is C19H20ClFN2O. The molecule has 0 atom stereocenters. The number of hydrogen-bond donors (Lipinski definition) is 1. The molecule has 1 N–H and O–H groups in total. The van der Waals surface area contributed by atoms with E-state index in [2.05, 4.69) is 10.2 Å². The first-order chi connectivity index (χ1) is 11.6. The van der Waals surface area contributed by atoms with E-state index in [-0.39, 0.29) is 11.7 Å². The quantitative estimate of drug-likeness (QED) is 0.828. The SMILES string of the molecule is O=C(CN(Cc1ccc(F)cc1)C1CC1)NCc1cccc(Cl)c1. The minimum atomic E-state index is -0.240. The van der Waals surface area contributed by atoms with Gasteiger partial charge in [0.2, 0.25) is 5.91 Å². The third-order valence-corrected chi connectivity index (χ3v) is 4.32. The molecule has 0 unspecified atom stereocenters. The van der Waals surface area contributed by atoms with Crippen LogP contribution in [0.5, 0.6) is 0 Å². The molecule has 5 heteroatoms. The minimum Gasteiger partial charge on any atom is -0.351 e. The van der Waals surface area contributed by atoms with Crippen molar-refractivity contribution in [2.45, 2.75) is 32.0 Å². The van der Waals surface area contributed by atoms with Crippen LogP contribution in [-0.4, -0.2) is 23.4 Å². The van der Waals surface area contributed by atoms with Gasteiger partial charge in [0, 0.05) is 24.2 Å². The molecule has 1 aliphatic carbocycles. The summed E-state index contributed by atoms with van der Waals surface area (Å²) in [6.45, 7) is 1.48. The summed E-state index contributed by atoms with van der Waals surface area (Å²) in [6, 6.07) is 14.4. The highest BCUT2D eigenvalue weighted by molar-refractivity contribution is 6.30. The molecule has 1 fully saturated rings. The van der Waals surface area contributed by atoms with E-state index < -0.39 is 0 Å². The number of carbonyl (C=O) groups is 1. The number of rotatable bonds is 7.